The molecule has 0 aromatic heterocycles. The predicted octanol–water partition coefficient (Wildman–Crippen LogP) is 5.50. The topological polar surface area (TPSA) is 0 Å². The summed E-state index contributed by atoms with van der Waals surface area (Å²) in [6.07, 6.45) is 0. The molecule has 0 bridgehead atoms. The van der Waals surface area contributed by atoms with Crippen molar-refractivity contribution in [2.75, 3.05) is 0 Å². The first-order valence-electron chi connectivity index (χ1n) is 6.06. The third-order valence-corrected chi connectivity index (χ3v) is 26.1. The van der Waals surface area contributed by atoms with E-state index < -0.39 is 19.7 Å². The van der Waals surface area contributed by atoms with E-state index in [0.717, 1.165) is 0 Å². The van der Waals surface area contributed by atoms with Crippen molar-refractivity contribution < 1.29 is 14.2 Å². The Morgan fingerprint density at radius 2 is 1.22 bits per heavy atom. The standard InChI is InChI=1S/C14H23P.2ClH.Pd/c1-13(2,3)15(14(4,5)6)12-10-8-7-9-11-12;;;/h7-11H,1-6H3;2*1H;/q;;;+1/p-1. The second-order valence-corrected chi connectivity index (χ2v) is 23.5. The summed E-state index contributed by atoms with van der Waals surface area (Å²) in [5.41, 5.74) is -2.00. The van der Waals surface area contributed by atoms with Crippen LogP contribution in [0.1, 0.15) is 41.5 Å². The zero-order chi connectivity index (χ0) is 14.2. The summed E-state index contributed by atoms with van der Waals surface area (Å²) in [4.78, 5) is 0. The first-order valence-corrected chi connectivity index (χ1v) is 14.2. The molecule has 0 saturated heterocycles. The van der Waals surface area contributed by atoms with Crippen LogP contribution in [0.25, 0.3) is 0 Å². The van der Waals surface area contributed by atoms with Gasteiger partial charge in [-0.25, -0.2) is 0 Å². The molecule has 0 radical (unpaired) electrons. The van der Waals surface area contributed by atoms with Crippen molar-refractivity contribution in [1.82, 2.24) is 0 Å². The van der Waals surface area contributed by atoms with Gasteiger partial charge >= 0.3 is 126 Å². The van der Waals surface area contributed by atoms with Crippen molar-refractivity contribution in [1.29, 1.82) is 0 Å². The summed E-state index contributed by atoms with van der Waals surface area (Å²) in [6, 6.07) is 10.7. The van der Waals surface area contributed by atoms with Crippen LogP contribution < -0.4 is 5.30 Å². The molecule has 1 aromatic carbocycles. The van der Waals surface area contributed by atoms with Gasteiger partial charge in [-0.3, -0.25) is 0 Å². The van der Waals surface area contributed by atoms with Crippen LogP contribution >= 0.6 is 24.5 Å². The second kappa shape index (κ2) is 5.71. The van der Waals surface area contributed by atoms with E-state index in [1.54, 1.807) is 0 Å². The SMILES string of the molecule is CC(C)(C)[PH](c1ccccc1)([Pd]([Cl])[Cl])C(C)(C)C. The molecular weight excluding hydrogens is 376 g/mol. The summed E-state index contributed by atoms with van der Waals surface area (Å²) < 4.78 is 0. The van der Waals surface area contributed by atoms with Crippen LogP contribution in [0.5, 0.6) is 0 Å². The molecule has 4 heteroatoms. The number of hydrogen-bond donors (Lipinski definition) is 0. The average Bonchev–Trinajstić information content (AvgIpc) is 2.14. The summed E-state index contributed by atoms with van der Waals surface area (Å²) in [6.45, 7) is 13.8. The first kappa shape index (κ1) is 16.9. The van der Waals surface area contributed by atoms with Crippen molar-refractivity contribution >= 4 is 29.8 Å². The molecule has 1 rings (SSSR count). The van der Waals surface area contributed by atoms with E-state index in [2.05, 4.69) is 71.9 Å². The normalized spacial score (nSPS) is 15.4. The van der Waals surface area contributed by atoms with Crippen LogP contribution in [-0.4, -0.2) is 10.3 Å². The van der Waals surface area contributed by atoms with Crippen molar-refractivity contribution in [2.24, 2.45) is 0 Å². The Balaban J connectivity index is 3.62. The molecule has 0 unspecified atom stereocenters. The van der Waals surface area contributed by atoms with Crippen molar-refractivity contribution in [3.63, 3.8) is 0 Å². The molecule has 0 N–H and O–H groups in total. The van der Waals surface area contributed by atoms with E-state index in [4.69, 9.17) is 19.1 Å². The molecule has 0 nitrogen and oxygen atoms in total. The summed E-state index contributed by atoms with van der Waals surface area (Å²) in [5.74, 6) is 0. The molecular formula is C14H24Cl2PPd. The molecule has 1 aromatic rings. The van der Waals surface area contributed by atoms with Gasteiger partial charge in [-0.2, -0.15) is 0 Å². The van der Waals surface area contributed by atoms with E-state index in [1.807, 2.05) is 0 Å². The Bertz CT molecular complexity index is 376. The number of hydrogen-bond acceptors (Lipinski definition) is 0. The average molecular weight is 401 g/mol. The van der Waals surface area contributed by atoms with Gasteiger partial charge in [0, 0.05) is 0 Å². The van der Waals surface area contributed by atoms with Crippen LogP contribution in [0, 0.1) is 0 Å². The van der Waals surface area contributed by atoms with E-state index in [1.165, 1.54) is 5.30 Å². The Morgan fingerprint density at radius 1 is 0.833 bits per heavy atom. The number of halogens is 2. The quantitative estimate of drug-likeness (QED) is 0.454. The van der Waals surface area contributed by atoms with E-state index >= 15 is 0 Å². The molecule has 0 aliphatic heterocycles. The molecule has 0 atom stereocenters. The van der Waals surface area contributed by atoms with Crippen LogP contribution in [-0.2, 0) is 14.2 Å². The fraction of sp³-hybridized carbons (Fsp3) is 0.571. The molecule has 0 heterocycles. The Kier molecular flexibility index (Phi) is 5.38. The van der Waals surface area contributed by atoms with Gasteiger partial charge in [0.1, 0.15) is 0 Å². The predicted molar refractivity (Wildman–Crippen MR) is 85.6 cm³/mol. The minimum atomic E-state index is -2.00. The zero-order valence-corrected chi connectivity index (χ0v) is 16.0. The van der Waals surface area contributed by atoms with Crippen LogP contribution in [0.4, 0.5) is 0 Å². The van der Waals surface area contributed by atoms with Gasteiger partial charge in [0.15, 0.2) is 0 Å². The second-order valence-electron chi connectivity index (χ2n) is 6.64. The molecule has 0 aliphatic rings. The molecule has 0 amide bonds. The van der Waals surface area contributed by atoms with Gasteiger partial charge in [0.05, 0.1) is 0 Å². The van der Waals surface area contributed by atoms with Crippen molar-refractivity contribution in [2.45, 2.75) is 51.9 Å². The van der Waals surface area contributed by atoms with Gasteiger partial charge in [0.25, 0.3) is 0 Å². The minimum absolute atomic E-state index is 0.150. The van der Waals surface area contributed by atoms with Crippen LogP contribution in [0.3, 0.4) is 0 Å². The Labute approximate surface area is 126 Å². The van der Waals surface area contributed by atoms with Crippen LogP contribution in [0.15, 0.2) is 30.3 Å². The van der Waals surface area contributed by atoms with Gasteiger partial charge < -0.3 is 0 Å². The third kappa shape index (κ3) is 2.82. The van der Waals surface area contributed by atoms with Gasteiger partial charge in [-0.1, -0.05) is 0 Å². The fourth-order valence-corrected chi connectivity index (χ4v) is 30.8. The maximum atomic E-state index is 6.65. The first-order chi connectivity index (χ1) is 8.05. The van der Waals surface area contributed by atoms with E-state index in [9.17, 15) is 0 Å². The Hall–Kier alpha value is 0.892. The molecule has 0 aliphatic carbocycles. The van der Waals surface area contributed by atoms with Gasteiger partial charge in [-0.05, 0) is 0 Å². The zero-order valence-electron chi connectivity index (χ0n) is 12.0. The molecule has 0 fully saturated rings. The van der Waals surface area contributed by atoms with E-state index in [-0.39, 0.29) is 10.3 Å². The molecule has 0 saturated carbocycles. The van der Waals surface area contributed by atoms with Gasteiger partial charge in [0.2, 0.25) is 0 Å². The number of benzene rings is 1. The molecule has 18 heavy (non-hydrogen) atoms. The van der Waals surface area contributed by atoms with Crippen LogP contribution in [0.2, 0.25) is 0 Å². The van der Waals surface area contributed by atoms with Crippen molar-refractivity contribution in [3.8, 4) is 0 Å². The number of rotatable bonds is 2. The third-order valence-electron chi connectivity index (χ3n) is 3.31. The maximum absolute atomic E-state index is 6.65. The molecule has 109 valence electrons. The monoisotopic (exact) mass is 399 g/mol. The Morgan fingerprint density at radius 3 is 1.50 bits per heavy atom. The van der Waals surface area contributed by atoms with Gasteiger partial charge in [-0.15, -0.1) is 0 Å². The van der Waals surface area contributed by atoms with E-state index in [0.29, 0.717) is 0 Å². The fourth-order valence-electron chi connectivity index (χ4n) is 3.08. The molecule has 0 spiro atoms. The summed E-state index contributed by atoms with van der Waals surface area (Å²) in [5, 5.41) is 1.70. The summed E-state index contributed by atoms with van der Waals surface area (Å²) >= 11 is -1.58. The summed E-state index contributed by atoms with van der Waals surface area (Å²) in [7, 11) is 13.3. The van der Waals surface area contributed by atoms with Crippen molar-refractivity contribution in [3.05, 3.63) is 30.3 Å².